The van der Waals surface area contributed by atoms with E-state index >= 15 is 4.39 Å². The number of thiazole rings is 1. The lowest BCUT2D eigenvalue weighted by Gasteiger charge is -2.52. The lowest BCUT2D eigenvalue weighted by molar-refractivity contribution is -0.271. The van der Waals surface area contributed by atoms with Crippen LogP contribution in [0.5, 0.6) is 11.5 Å². The number of aliphatic carboxylic acids is 1. The van der Waals surface area contributed by atoms with E-state index in [1.54, 1.807) is 18.3 Å². The Bertz CT molecular complexity index is 3950. The van der Waals surface area contributed by atoms with Crippen molar-refractivity contribution in [2.45, 2.75) is 141 Å². The number of carboxylic acid groups (broad SMARTS) is 2. The first-order chi connectivity index (χ1) is 47.1. The van der Waals surface area contributed by atoms with Crippen molar-refractivity contribution in [1.82, 2.24) is 35.3 Å². The number of aromatic carboxylic acids is 1. The Kier molecular flexibility index (Phi) is 22.1. The summed E-state index contributed by atoms with van der Waals surface area (Å²) >= 11 is 1.34. The largest absolute Gasteiger partial charge is 0.491 e. The van der Waals surface area contributed by atoms with E-state index < -0.39 is 78.2 Å². The van der Waals surface area contributed by atoms with Crippen LogP contribution in [0.1, 0.15) is 115 Å². The molecule has 8 N–H and O–H groups in total. The van der Waals surface area contributed by atoms with Crippen LogP contribution in [0.25, 0.3) is 21.3 Å². The van der Waals surface area contributed by atoms with Gasteiger partial charge in [0.1, 0.15) is 54.7 Å². The molecule has 4 unspecified atom stereocenters. The Labute approximate surface area is 567 Å². The zero-order valence-corrected chi connectivity index (χ0v) is 55.3. The van der Waals surface area contributed by atoms with Crippen LogP contribution in [0.4, 0.5) is 20.1 Å². The van der Waals surface area contributed by atoms with Crippen molar-refractivity contribution in [2.24, 2.45) is 16.7 Å². The van der Waals surface area contributed by atoms with Gasteiger partial charge in [-0.3, -0.25) is 34.1 Å². The summed E-state index contributed by atoms with van der Waals surface area (Å²) in [5.74, 6) is -4.32. The van der Waals surface area contributed by atoms with E-state index in [9.17, 15) is 59.1 Å². The summed E-state index contributed by atoms with van der Waals surface area (Å²) in [7, 11) is 0. The molecule has 27 nitrogen and oxygen atoms in total. The first kappa shape index (κ1) is 70.4. The third-order valence-electron chi connectivity index (χ3n) is 19.1. The second-order valence-electron chi connectivity index (χ2n) is 25.9. The number of benzene rings is 3. The van der Waals surface area contributed by atoms with Gasteiger partial charge in [-0.2, -0.15) is 5.10 Å². The van der Waals surface area contributed by atoms with Gasteiger partial charge < -0.3 is 69.5 Å². The molecule has 1 saturated heterocycles. The lowest BCUT2D eigenvalue weighted by atomic mass is 9.56. The minimum Gasteiger partial charge on any atom is -0.491 e. The van der Waals surface area contributed by atoms with Crippen molar-refractivity contribution in [3.05, 3.63) is 125 Å². The topological polar surface area (TPSA) is 362 Å². The summed E-state index contributed by atoms with van der Waals surface area (Å²) in [5.41, 5.74) is 3.70. The minimum atomic E-state index is -1.95. The number of hydrogen-bond acceptors (Lipinski definition) is 21. The van der Waals surface area contributed by atoms with Gasteiger partial charge in [0.15, 0.2) is 16.9 Å². The third kappa shape index (κ3) is 16.3. The molecule has 9 atom stereocenters. The molecule has 2 bridgehead atoms. The monoisotopic (exact) mass is 1370 g/mol. The molecule has 6 heterocycles. The highest BCUT2D eigenvalue weighted by Gasteiger charge is 2.50. The fraction of sp³-hybridized carbons (Fsp3) is 0.478. The summed E-state index contributed by atoms with van der Waals surface area (Å²) in [6.07, 6.45) is 1.41. The Morgan fingerprint density at radius 1 is 0.867 bits per heavy atom. The van der Waals surface area contributed by atoms with E-state index in [4.69, 9.17) is 38.5 Å². The molecular formula is C69H80FN9O18S. The molecule has 0 spiro atoms. The van der Waals surface area contributed by atoms with E-state index in [2.05, 4.69) is 34.8 Å². The molecule has 12 rings (SSSR count). The molecule has 4 fully saturated rings. The van der Waals surface area contributed by atoms with Crippen LogP contribution in [0.15, 0.2) is 85.1 Å². The van der Waals surface area contributed by atoms with E-state index in [1.165, 1.54) is 41.7 Å². The molecule has 3 aromatic carbocycles. The summed E-state index contributed by atoms with van der Waals surface area (Å²) < 4.78 is 53.3. The lowest BCUT2D eigenvalue weighted by Crippen LogP contribution is -2.61. The minimum absolute atomic E-state index is 0.0109. The zero-order chi connectivity index (χ0) is 69.4. The first-order valence-corrected chi connectivity index (χ1v) is 33.6. The summed E-state index contributed by atoms with van der Waals surface area (Å²) in [5, 5.41) is 65.2. The molecule has 98 heavy (non-hydrogen) atoms. The highest BCUT2D eigenvalue weighted by molar-refractivity contribution is 7.22. The number of carboxylic acids is 2. The number of ether oxygens (including phenoxy) is 6. The van der Waals surface area contributed by atoms with E-state index in [1.807, 2.05) is 40.8 Å². The number of nitrogens with zero attached hydrogens (tertiary/aromatic N) is 6. The number of fused-ring (bicyclic) bond motifs is 7. The van der Waals surface area contributed by atoms with Crippen molar-refractivity contribution in [3.8, 4) is 22.6 Å². The molecular weight excluding hydrogens is 1290 g/mol. The standard InChI is InChI=1S/C69H80FN9O18S/c1-4-21-68(3)22-17-40-18-23-69(37-68,38-79-39(2)46(34-73-79)44-12-14-53(75-57(44)63(87)88)77-26-19-43-47(35-77)45(11-13-48(43)70)62(86)76-66-74-49-7-5-6-8-52(49)98-66)33-51(40)93-29-25-72-67(91)95-36-41-9-10-42(96-65-60(85)58(83)59(84)61(97-65)64(89)90)32-50(41)94-31-30-92-28-24-71-54(80)20-27-78-55(81)15-16-56(78)82/h5-16,32,34,40,51,58-61,65,83-85H,4,17-31,33,35-38H2,1-3H3,(H,71,80)(H,72,91)(H,87,88)(H,89,90)(H,74,76,86)/t40?,51?,58-,59-,60+,61-,65+,68?,69?/m0/s1. The van der Waals surface area contributed by atoms with Crippen LogP contribution >= 0.6 is 11.3 Å². The molecule has 3 saturated carbocycles. The Morgan fingerprint density at radius 3 is 2.43 bits per heavy atom. The summed E-state index contributed by atoms with van der Waals surface area (Å²) in [6.45, 7) is 7.55. The van der Waals surface area contributed by atoms with Gasteiger partial charge in [0.05, 0.1) is 42.3 Å². The number of hydrogen-bond donors (Lipinski definition) is 8. The highest BCUT2D eigenvalue weighted by Crippen LogP contribution is 2.55. The number of para-hydroxylation sites is 1. The number of carbonyl (C=O) groups is 7. The van der Waals surface area contributed by atoms with Crippen LogP contribution in [0.2, 0.25) is 0 Å². The van der Waals surface area contributed by atoms with Gasteiger partial charge in [0.25, 0.3) is 17.7 Å². The van der Waals surface area contributed by atoms with Gasteiger partial charge >= 0.3 is 18.0 Å². The van der Waals surface area contributed by atoms with Crippen molar-refractivity contribution < 1.29 is 91.9 Å². The predicted octanol–water partition coefficient (Wildman–Crippen LogP) is 6.70. The number of nitrogens with one attached hydrogen (secondary N) is 3. The molecule has 6 aromatic rings. The number of aliphatic hydroxyl groups excluding tert-OH is 3. The highest BCUT2D eigenvalue weighted by atomic mass is 32.1. The van der Waals surface area contributed by atoms with E-state index in [0.29, 0.717) is 51.9 Å². The Hall–Kier alpha value is -8.97. The predicted molar refractivity (Wildman–Crippen MR) is 352 cm³/mol. The first-order valence-electron chi connectivity index (χ1n) is 32.8. The van der Waals surface area contributed by atoms with Crippen LogP contribution < -0.4 is 30.3 Å². The summed E-state index contributed by atoms with van der Waals surface area (Å²) in [6, 6.07) is 18.1. The second-order valence-corrected chi connectivity index (χ2v) is 26.9. The fourth-order valence-electron chi connectivity index (χ4n) is 14.2. The van der Waals surface area contributed by atoms with Crippen LogP contribution in [-0.2, 0) is 64.2 Å². The average Bonchev–Trinajstić information content (AvgIpc) is 1.24. The van der Waals surface area contributed by atoms with Gasteiger partial charge in [0, 0.05) is 91.9 Å². The molecule has 3 aromatic heterocycles. The molecule has 3 aliphatic heterocycles. The number of alkyl carbamates (subject to hydrolysis) is 1. The number of pyridine rings is 1. The number of aromatic nitrogens is 4. The molecule has 522 valence electrons. The Morgan fingerprint density at radius 2 is 1.65 bits per heavy atom. The normalized spacial score (nSPS) is 23.6. The van der Waals surface area contributed by atoms with Crippen LogP contribution in [0, 0.1) is 29.5 Å². The van der Waals surface area contributed by atoms with Crippen LogP contribution in [-0.4, -0.2) is 181 Å². The number of halogens is 1. The molecule has 29 heteroatoms. The van der Waals surface area contributed by atoms with Gasteiger partial charge in [-0.15, -0.1) is 0 Å². The number of rotatable bonds is 28. The van der Waals surface area contributed by atoms with Gasteiger partial charge in [-0.05, 0) is 135 Å². The van der Waals surface area contributed by atoms with Crippen LogP contribution in [0.3, 0.4) is 0 Å². The third-order valence-corrected chi connectivity index (χ3v) is 20.0. The number of amides is 5. The number of carbonyl (C=O) groups excluding carboxylic acids is 5. The Balaban J connectivity index is 0.709. The summed E-state index contributed by atoms with van der Waals surface area (Å²) in [4.78, 5) is 100. The van der Waals surface area contributed by atoms with Gasteiger partial charge in [-0.25, -0.2) is 28.7 Å². The second kappa shape index (κ2) is 30.8. The maximum Gasteiger partial charge on any atom is 0.407 e. The smallest absolute Gasteiger partial charge is 0.407 e. The number of imide groups is 1. The van der Waals surface area contributed by atoms with Crippen molar-refractivity contribution >= 4 is 74.2 Å². The molecule has 6 aliphatic rings. The van der Waals surface area contributed by atoms with Crippen molar-refractivity contribution in [3.63, 3.8) is 0 Å². The quantitative estimate of drug-likeness (QED) is 0.0187. The maximum absolute atomic E-state index is 15.4. The molecule has 0 radical (unpaired) electrons. The van der Waals surface area contributed by atoms with E-state index in [-0.39, 0.29) is 118 Å². The van der Waals surface area contributed by atoms with Gasteiger partial charge in [-0.1, -0.05) is 43.7 Å². The average molecular weight is 1370 g/mol. The fourth-order valence-corrected chi connectivity index (χ4v) is 15.0. The number of aliphatic hydroxyl groups is 3. The molecule has 5 amide bonds. The molecule has 3 aliphatic carbocycles. The van der Waals surface area contributed by atoms with E-state index in [0.717, 1.165) is 84.3 Å². The van der Waals surface area contributed by atoms with Crippen molar-refractivity contribution in [1.29, 1.82) is 0 Å². The van der Waals surface area contributed by atoms with Crippen molar-refractivity contribution in [2.75, 3.05) is 62.8 Å². The zero-order valence-electron chi connectivity index (χ0n) is 54.5. The maximum atomic E-state index is 15.4. The SMILES string of the molecule is CCCC1(C)CCC2CCC(Cn3ncc(-c4ccc(N5CCc6c(F)ccc(C(=O)Nc7nc8ccccc8s7)c6C5)nc4C(=O)O)c3C)(CC2OCCNC(=O)OCc2ccc(O[C@@H]3O[C@H](C(=O)O)[C@@H](O)[C@H](O)[C@H]3O)cc2OCCOCCNC(=O)CCN2C(=O)C=CC2=O)C1. The van der Waals surface area contributed by atoms with Gasteiger partial charge in [0.2, 0.25) is 12.2 Å². The number of anilines is 2.